The molecule has 0 aliphatic rings. The molecule has 3 aromatic carbocycles. The minimum atomic E-state index is -1.02. The van der Waals surface area contributed by atoms with Crippen LogP contribution in [0.2, 0.25) is 0 Å². The fourth-order valence-corrected chi connectivity index (χ4v) is 4.40. The van der Waals surface area contributed by atoms with Gasteiger partial charge in [-0.05, 0) is 35.6 Å². The number of rotatable bonds is 9. The van der Waals surface area contributed by atoms with E-state index in [0.717, 1.165) is 22.8 Å². The monoisotopic (exact) mass is 506 g/mol. The molecule has 2 N–H and O–H groups in total. The zero-order chi connectivity index (χ0) is 26.5. The minimum absolute atomic E-state index is 0.204. The van der Waals surface area contributed by atoms with Gasteiger partial charge in [-0.3, -0.25) is 13.9 Å². The molecule has 2 heterocycles. The average Bonchev–Trinajstić information content (AvgIpc) is 3.39. The van der Waals surface area contributed by atoms with E-state index in [1.807, 2.05) is 60.7 Å². The van der Waals surface area contributed by atoms with E-state index in [1.165, 1.54) is 10.6 Å². The number of aryl methyl sites for hydroxylation is 3. The summed E-state index contributed by atoms with van der Waals surface area (Å²) in [6.45, 7) is 0.626. The number of carboxylic acids is 1. The number of H-pyrrole nitrogens is 1. The van der Waals surface area contributed by atoms with Crippen LogP contribution in [0.25, 0.3) is 28.6 Å². The smallest absolute Gasteiger partial charge is 0.332 e. The molecule has 0 aliphatic heterocycles. The van der Waals surface area contributed by atoms with Crippen LogP contribution in [-0.2, 0) is 30.7 Å². The summed E-state index contributed by atoms with van der Waals surface area (Å²) in [7, 11) is 0. The molecule has 0 spiro atoms. The maximum atomic E-state index is 13.6. The molecule has 8 nitrogen and oxygen atoms in total. The fourth-order valence-electron chi connectivity index (χ4n) is 4.40. The van der Waals surface area contributed by atoms with Gasteiger partial charge >= 0.3 is 11.7 Å². The summed E-state index contributed by atoms with van der Waals surface area (Å²) in [5.74, 6) is -0.567. The lowest BCUT2D eigenvalue weighted by Gasteiger charge is -2.12. The highest BCUT2D eigenvalue weighted by atomic mass is 16.4. The van der Waals surface area contributed by atoms with Crippen molar-refractivity contribution in [2.45, 2.75) is 25.9 Å². The van der Waals surface area contributed by atoms with Crippen LogP contribution in [0.5, 0.6) is 0 Å². The molecular formula is C30H26N4O4. The van der Waals surface area contributed by atoms with Crippen molar-refractivity contribution < 1.29 is 9.90 Å². The standard InChI is InChI=1S/C30H26N4O4/c35-25(36)16-13-23-11-14-24(15-12-23)27-31-26-28(32-27)33(19-17-21-7-3-1-4-8-21)30(38)34(29(26)37)20-18-22-9-5-2-6-10-22/h1-16H,17-20H2,(H,31,32)(H,35,36)/b16-13+. The summed E-state index contributed by atoms with van der Waals surface area (Å²) >= 11 is 0. The molecule has 0 aliphatic carbocycles. The maximum absolute atomic E-state index is 13.6. The lowest BCUT2D eigenvalue weighted by atomic mass is 10.1. The highest BCUT2D eigenvalue weighted by molar-refractivity contribution is 5.85. The van der Waals surface area contributed by atoms with Crippen molar-refractivity contribution in [3.63, 3.8) is 0 Å². The number of carbonyl (C=O) groups is 1. The topological polar surface area (TPSA) is 110 Å². The van der Waals surface area contributed by atoms with E-state index in [0.29, 0.717) is 36.4 Å². The summed E-state index contributed by atoms with van der Waals surface area (Å²) < 4.78 is 2.86. The first-order valence-corrected chi connectivity index (χ1v) is 12.3. The number of nitrogens with one attached hydrogen (secondary N) is 1. The first-order valence-electron chi connectivity index (χ1n) is 12.3. The predicted molar refractivity (Wildman–Crippen MR) is 147 cm³/mol. The maximum Gasteiger partial charge on any atom is 0.332 e. The van der Waals surface area contributed by atoms with Crippen LogP contribution in [0.15, 0.2) is 101 Å². The van der Waals surface area contributed by atoms with E-state index in [1.54, 1.807) is 28.8 Å². The zero-order valence-corrected chi connectivity index (χ0v) is 20.6. The predicted octanol–water partition coefficient (Wildman–Crippen LogP) is 4.14. The molecule has 0 radical (unpaired) electrons. The molecular weight excluding hydrogens is 480 g/mol. The Morgan fingerprint density at radius 3 is 1.97 bits per heavy atom. The van der Waals surface area contributed by atoms with Crippen LogP contribution in [-0.4, -0.2) is 30.2 Å². The molecule has 38 heavy (non-hydrogen) atoms. The third-order valence-electron chi connectivity index (χ3n) is 6.40. The average molecular weight is 507 g/mol. The van der Waals surface area contributed by atoms with Crippen molar-refractivity contribution in [3.8, 4) is 11.4 Å². The van der Waals surface area contributed by atoms with Crippen LogP contribution in [0.1, 0.15) is 16.7 Å². The second kappa shape index (κ2) is 11.0. The lowest BCUT2D eigenvalue weighted by Crippen LogP contribution is -2.41. The van der Waals surface area contributed by atoms with Crippen LogP contribution < -0.4 is 11.2 Å². The number of aliphatic carboxylic acids is 1. The minimum Gasteiger partial charge on any atom is -0.478 e. The van der Waals surface area contributed by atoms with Crippen molar-refractivity contribution in [1.29, 1.82) is 0 Å². The molecule has 5 aromatic rings. The van der Waals surface area contributed by atoms with Gasteiger partial charge in [0.05, 0.1) is 0 Å². The lowest BCUT2D eigenvalue weighted by molar-refractivity contribution is -0.131. The Morgan fingerprint density at radius 1 is 0.816 bits per heavy atom. The van der Waals surface area contributed by atoms with Crippen molar-refractivity contribution in [3.05, 3.63) is 129 Å². The Kier molecular flexibility index (Phi) is 7.13. The van der Waals surface area contributed by atoms with E-state index in [9.17, 15) is 14.4 Å². The molecule has 0 fully saturated rings. The Bertz CT molecular complexity index is 1710. The second-order valence-electron chi connectivity index (χ2n) is 8.94. The Balaban J connectivity index is 1.55. The number of hydrogen-bond donors (Lipinski definition) is 2. The largest absolute Gasteiger partial charge is 0.478 e. The number of imidazole rings is 1. The molecule has 8 heteroatoms. The van der Waals surface area contributed by atoms with Crippen molar-refractivity contribution >= 4 is 23.2 Å². The quantitative estimate of drug-likeness (QED) is 0.292. The Hall–Kier alpha value is -4.98. The van der Waals surface area contributed by atoms with Gasteiger partial charge < -0.3 is 10.1 Å². The van der Waals surface area contributed by atoms with Crippen LogP contribution in [0, 0.1) is 0 Å². The van der Waals surface area contributed by atoms with Gasteiger partial charge in [0.2, 0.25) is 0 Å². The summed E-state index contributed by atoms with van der Waals surface area (Å²) in [6.07, 6.45) is 3.73. The summed E-state index contributed by atoms with van der Waals surface area (Å²) in [4.78, 5) is 45.6. The van der Waals surface area contributed by atoms with Crippen LogP contribution in [0.4, 0.5) is 0 Å². The molecule has 0 unspecified atom stereocenters. The zero-order valence-electron chi connectivity index (χ0n) is 20.6. The van der Waals surface area contributed by atoms with Gasteiger partial charge in [0.15, 0.2) is 5.52 Å². The molecule has 0 amide bonds. The normalized spacial score (nSPS) is 11.4. The summed E-state index contributed by atoms with van der Waals surface area (Å²) in [6, 6.07) is 26.7. The second-order valence-corrected chi connectivity index (χ2v) is 8.94. The first kappa shape index (κ1) is 24.7. The number of benzene rings is 3. The molecule has 190 valence electrons. The first-order chi connectivity index (χ1) is 18.5. The number of fused-ring (bicyclic) bond motifs is 1. The van der Waals surface area contributed by atoms with Crippen LogP contribution in [0.3, 0.4) is 0 Å². The third-order valence-corrected chi connectivity index (χ3v) is 6.40. The Morgan fingerprint density at radius 2 is 1.39 bits per heavy atom. The molecule has 2 aromatic heterocycles. The van der Waals surface area contributed by atoms with Gasteiger partial charge in [0, 0.05) is 24.7 Å². The third kappa shape index (κ3) is 5.39. The van der Waals surface area contributed by atoms with E-state index >= 15 is 0 Å². The van der Waals surface area contributed by atoms with Crippen molar-refractivity contribution in [1.82, 2.24) is 19.1 Å². The van der Waals surface area contributed by atoms with Gasteiger partial charge in [-0.25, -0.2) is 14.6 Å². The van der Waals surface area contributed by atoms with Crippen LogP contribution >= 0.6 is 0 Å². The SMILES string of the molecule is O=C(O)/C=C/c1ccc(-c2nc3c(=O)n(CCc4ccccc4)c(=O)n(CCc4ccccc4)c3[nH]2)cc1. The summed E-state index contributed by atoms with van der Waals surface area (Å²) in [5, 5.41) is 8.84. The number of aromatic amines is 1. The molecule has 0 saturated carbocycles. The van der Waals surface area contributed by atoms with Gasteiger partial charge in [0.1, 0.15) is 11.5 Å². The van der Waals surface area contributed by atoms with Crippen molar-refractivity contribution in [2.75, 3.05) is 0 Å². The molecule has 0 saturated heterocycles. The fraction of sp³-hybridized carbons (Fsp3) is 0.133. The van der Waals surface area contributed by atoms with Gasteiger partial charge in [0.25, 0.3) is 5.56 Å². The number of hydrogen-bond acceptors (Lipinski definition) is 4. The summed E-state index contributed by atoms with van der Waals surface area (Å²) in [5.41, 5.74) is 3.33. The van der Waals surface area contributed by atoms with E-state index in [4.69, 9.17) is 5.11 Å². The highest BCUT2D eigenvalue weighted by Gasteiger charge is 2.18. The number of aromatic nitrogens is 4. The highest BCUT2D eigenvalue weighted by Crippen LogP contribution is 2.20. The number of carboxylic acid groups (broad SMARTS) is 1. The Labute approximate surface area is 218 Å². The van der Waals surface area contributed by atoms with Gasteiger partial charge in [-0.2, -0.15) is 0 Å². The number of nitrogens with zero attached hydrogens (tertiary/aromatic N) is 3. The van der Waals surface area contributed by atoms with Gasteiger partial charge in [-0.1, -0.05) is 84.9 Å². The van der Waals surface area contributed by atoms with E-state index in [2.05, 4.69) is 9.97 Å². The van der Waals surface area contributed by atoms with Gasteiger partial charge in [-0.15, -0.1) is 0 Å². The van der Waals surface area contributed by atoms with Crippen molar-refractivity contribution in [2.24, 2.45) is 0 Å². The van der Waals surface area contributed by atoms with E-state index in [-0.39, 0.29) is 17.8 Å². The molecule has 0 bridgehead atoms. The molecule has 5 rings (SSSR count). The molecule has 0 atom stereocenters. The van der Waals surface area contributed by atoms with E-state index < -0.39 is 11.5 Å².